The molecule has 1 N–H and O–H groups in total. The van der Waals surface area contributed by atoms with Crippen LogP contribution in [-0.4, -0.2) is 35.0 Å². The van der Waals surface area contributed by atoms with Crippen molar-refractivity contribution >= 4 is 11.5 Å². The van der Waals surface area contributed by atoms with Gasteiger partial charge >= 0.3 is 0 Å². The number of hydrogen-bond donors (Lipinski definition) is 1. The summed E-state index contributed by atoms with van der Waals surface area (Å²) < 4.78 is 7.49. The molecule has 0 aliphatic carbocycles. The van der Waals surface area contributed by atoms with Crippen molar-refractivity contribution in [1.29, 1.82) is 0 Å². The minimum Gasteiger partial charge on any atom is -0.496 e. The number of aromatic nitrogens is 3. The molecule has 4 rings (SSSR count). The Morgan fingerprint density at radius 3 is 2.70 bits per heavy atom. The van der Waals surface area contributed by atoms with Crippen LogP contribution in [0.2, 0.25) is 0 Å². The molecule has 1 aliphatic heterocycles. The number of ether oxygens (including phenoxy) is 1. The van der Waals surface area contributed by atoms with Crippen molar-refractivity contribution in [2.75, 3.05) is 30.4 Å². The van der Waals surface area contributed by atoms with Crippen LogP contribution in [0.1, 0.15) is 24.1 Å². The Balaban J connectivity index is 1.54. The van der Waals surface area contributed by atoms with Crippen LogP contribution in [0.25, 0.3) is 5.82 Å². The average Bonchev–Trinajstić information content (AvgIpc) is 3.37. The molecule has 1 aromatic carbocycles. The van der Waals surface area contributed by atoms with Gasteiger partial charge in [-0.25, -0.2) is 4.98 Å². The van der Waals surface area contributed by atoms with Crippen LogP contribution in [0.3, 0.4) is 0 Å². The van der Waals surface area contributed by atoms with Crippen molar-refractivity contribution < 1.29 is 4.74 Å². The molecule has 140 valence electrons. The van der Waals surface area contributed by atoms with Gasteiger partial charge in [-0.3, -0.25) is 0 Å². The van der Waals surface area contributed by atoms with Crippen molar-refractivity contribution in [3.05, 3.63) is 59.9 Å². The van der Waals surface area contributed by atoms with Gasteiger partial charge < -0.3 is 15.0 Å². The second-order valence-corrected chi connectivity index (χ2v) is 6.81. The van der Waals surface area contributed by atoms with Gasteiger partial charge in [0, 0.05) is 49.2 Å². The highest BCUT2D eigenvalue weighted by Gasteiger charge is 2.15. The fraction of sp³-hybridized carbons (Fsp3) is 0.333. The zero-order valence-corrected chi connectivity index (χ0v) is 15.9. The Labute approximate surface area is 159 Å². The summed E-state index contributed by atoms with van der Waals surface area (Å²) >= 11 is 0. The summed E-state index contributed by atoms with van der Waals surface area (Å²) in [7, 11) is 1.73. The summed E-state index contributed by atoms with van der Waals surface area (Å²) in [6, 6.07) is 14.3. The monoisotopic (exact) mass is 363 g/mol. The van der Waals surface area contributed by atoms with E-state index in [0.717, 1.165) is 41.7 Å². The van der Waals surface area contributed by atoms with Gasteiger partial charge in [-0.05, 0) is 38.0 Å². The third-order valence-electron chi connectivity index (χ3n) is 4.90. The van der Waals surface area contributed by atoms with Crippen molar-refractivity contribution in [2.24, 2.45) is 0 Å². The third kappa shape index (κ3) is 3.74. The molecule has 27 heavy (non-hydrogen) atoms. The molecule has 0 spiro atoms. The van der Waals surface area contributed by atoms with Gasteiger partial charge in [-0.15, -0.1) is 0 Å². The van der Waals surface area contributed by atoms with E-state index < -0.39 is 0 Å². The number of rotatable bonds is 6. The molecule has 1 fully saturated rings. The van der Waals surface area contributed by atoms with Crippen LogP contribution in [0.5, 0.6) is 5.75 Å². The van der Waals surface area contributed by atoms with E-state index in [4.69, 9.17) is 4.74 Å². The molecule has 1 aliphatic rings. The van der Waals surface area contributed by atoms with Crippen molar-refractivity contribution in [3.63, 3.8) is 0 Å². The van der Waals surface area contributed by atoms with Crippen molar-refractivity contribution in [2.45, 2.75) is 26.3 Å². The van der Waals surface area contributed by atoms with Gasteiger partial charge in [0.2, 0.25) is 0 Å². The molecule has 6 heteroatoms. The molecule has 0 unspecified atom stereocenters. The standard InChI is InChI=1S/C21H25N5O/c1-16-13-21(26(24-16)20-7-3-4-10-22-20)23-15-17-8-9-18(14-19(17)27-2)25-11-5-6-12-25/h3-4,7-10,13-14,23H,5-6,11-12,15H2,1-2H3. The van der Waals surface area contributed by atoms with Gasteiger partial charge in [0.15, 0.2) is 5.82 Å². The van der Waals surface area contributed by atoms with Gasteiger partial charge in [0.1, 0.15) is 11.6 Å². The third-order valence-corrected chi connectivity index (χ3v) is 4.90. The lowest BCUT2D eigenvalue weighted by Gasteiger charge is -2.20. The van der Waals surface area contributed by atoms with Crippen LogP contribution < -0.4 is 15.0 Å². The molecule has 0 saturated carbocycles. The number of hydrogen-bond acceptors (Lipinski definition) is 5. The maximum absolute atomic E-state index is 5.65. The summed E-state index contributed by atoms with van der Waals surface area (Å²) in [4.78, 5) is 6.81. The highest BCUT2D eigenvalue weighted by atomic mass is 16.5. The average molecular weight is 363 g/mol. The van der Waals surface area contributed by atoms with E-state index in [9.17, 15) is 0 Å². The topological polar surface area (TPSA) is 55.2 Å². The van der Waals surface area contributed by atoms with E-state index in [1.165, 1.54) is 18.5 Å². The van der Waals surface area contributed by atoms with Crippen molar-refractivity contribution in [1.82, 2.24) is 14.8 Å². The second kappa shape index (κ2) is 7.70. The Kier molecular flexibility index (Phi) is 4.96. The maximum atomic E-state index is 5.65. The Morgan fingerprint density at radius 1 is 1.11 bits per heavy atom. The summed E-state index contributed by atoms with van der Waals surface area (Å²) in [5.74, 6) is 2.62. The maximum Gasteiger partial charge on any atom is 0.155 e. The SMILES string of the molecule is COc1cc(N2CCCC2)ccc1CNc1cc(C)nn1-c1ccccn1. The quantitative estimate of drug-likeness (QED) is 0.722. The molecule has 2 aromatic heterocycles. The fourth-order valence-corrected chi connectivity index (χ4v) is 3.52. The van der Waals surface area contributed by atoms with Crippen LogP contribution in [-0.2, 0) is 6.54 Å². The van der Waals surface area contributed by atoms with Gasteiger partial charge in [0.05, 0.1) is 12.8 Å². The number of nitrogens with one attached hydrogen (secondary N) is 1. The summed E-state index contributed by atoms with van der Waals surface area (Å²) in [6.07, 6.45) is 4.31. The molecular formula is C21H25N5O. The van der Waals surface area contributed by atoms with E-state index in [1.54, 1.807) is 13.3 Å². The Morgan fingerprint density at radius 2 is 1.96 bits per heavy atom. The smallest absolute Gasteiger partial charge is 0.155 e. The lowest BCUT2D eigenvalue weighted by atomic mass is 10.1. The number of aryl methyl sites for hydroxylation is 1. The first kappa shape index (κ1) is 17.4. The van der Waals surface area contributed by atoms with Crippen LogP contribution in [0.15, 0.2) is 48.7 Å². The van der Waals surface area contributed by atoms with E-state index >= 15 is 0 Å². The first-order valence-electron chi connectivity index (χ1n) is 9.38. The zero-order chi connectivity index (χ0) is 18.6. The largest absolute Gasteiger partial charge is 0.496 e. The van der Waals surface area contributed by atoms with E-state index in [0.29, 0.717) is 6.54 Å². The lowest BCUT2D eigenvalue weighted by Crippen LogP contribution is -2.17. The molecule has 0 amide bonds. The molecule has 0 bridgehead atoms. The van der Waals surface area contributed by atoms with Gasteiger partial charge in [-0.2, -0.15) is 9.78 Å². The Hall–Kier alpha value is -3.02. The molecule has 0 atom stereocenters. The van der Waals surface area contributed by atoms with Crippen molar-refractivity contribution in [3.8, 4) is 11.6 Å². The second-order valence-electron chi connectivity index (χ2n) is 6.81. The number of benzene rings is 1. The van der Waals surface area contributed by atoms with Gasteiger partial charge in [0.25, 0.3) is 0 Å². The Bertz CT molecular complexity index is 900. The van der Waals surface area contributed by atoms with E-state index in [-0.39, 0.29) is 0 Å². The molecule has 3 aromatic rings. The van der Waals surface area contributed by atoms with E-state index in [2.05, 4.69) is 38.5 Å². The predicted octanol–water partition coefficient (Wildman–Crippen LogP) is 3.80. The normalized spacial score (nSPS) is 13.8. The summed E-state index contributed by atoms with van der Waals surface area (Å²) in [6.45, 7) is 4.89. The number of nitrogens with zero attached hydrogens (tertiary/aromatic N) is 4. The lowest BCUT2D eigenvalue weighted by molar-refractivity contribution is 0.410. The number of pyridine rings is 1. The predicted molar refractivity (Wildman–Crippen MR) is 108 cm³/mol. The first-order chi connectivity index (χ1) is 13.2. The highest BCUT2D eigenvalue weighted by molar-refractivity contribution is 5.55. The fourth-order valence-electron chi connectivity index (χ4n) is 3.52. The van der Waals surface area contributed by atoms with Gasteiger partial charge in [-0.1, -0.05) is 12.1 Å². The van der Waals surface area contributed by atoms with E-state index in [1.807, 2.05) is 35.9 Å². The van der Waals surface area contributed by atoms with Crippen LogP contribution in [0.4, 0.5) is 11.5 Å². The first-order valence-corrected chi connectivity index (χ1v) is 9.38. The van der Waals surface area contributed by atoms with Crippen LogP contribution in [0, 0.1) is 6.92 Å². The molecule has 3 heterocycles. The minimum atomic E-state index is 0.654. The number of anilines is 2. The molecule has 0 radical (unpaired) electrons. The van der Waals surface area contributed by atoms with Crippen LogP contribution >= 0.6 is 0 Å². The summed E-state index contributed by atoms with van der Waals surface area (Å²) in [5, 5.41) is 8.04. The minimum absolute atomic E-state index is 0.654. The molecule has 1 saturated heterocycles. The number of methoxy groups -OCH3 is 1. The zero-order valence-electron chi connectivity index (χ0n) is 15.9. The molecular weight excluding hydrogens is 338 g/mol. The highest BCUT2D eigenvalue weighted by Crippen LogP contribution is 2.28. The molecule has 6 nitrogen and oxygen atoms in total. The summed E-state index contributed by atoms with van der Waals surface area (Å²) in [5.41, 5.74) is 3.30.